The summed E-state index contributed by atoms with van der Waals surface area (Å²) in [6, 6.07) is 5.77. The molecule has 0 radical (unpaired) electrons. The third-order valence-corrected chi connectivity index (χ3v) is 5.32. The van der Waals surface area contributed by atoms with Gasteiger partial charge >= 0.3 is 0 Å². The maximum Gasteiger partial charge on any atom is 0.233 e. The van der Waals surface area contributed by atoms with Gasteiger partial charge in [0, 0.05) is 5.56 Å². The molecule has 1 aromatic rings. The molecule has 1 aliphatic heterocycles. The van der Waals surface area contributed by atoms with Crippen molar-refractivity contribution in [2.45, 2.75) is 32.1 Å². The lowest BCUT2D eigenvalue weighted by Gasteiger charge is -2.14. The van der Waals surface area contributed by atoms with Crippen LogP contribution in [0.25, 0.3) is 0 Å². The predicted octanol–water partition coefficient (Wildman–Crippen LogP) is 2.31. The molecule has 0 unspecified atom stereocenters. The van der Waals surface area contributed by atoms with Crippen LogP contribution in [0.15, 0.2) is 30.4 Å². The lowest BCUT2D eigenvalue weighted by Crippen LogP contribution is -2.36. The molecule has 2 aliphatic carbocycles. The van der Waals surface area contributed by atoms with Gasteiger partial charge in [0.05, 0.1) is 18.4 Å². The summed E-state index contributed by atoms with van der Waals surface area (Å²) in [7, 11) is 0. The van der Waals surface area contributed by atoms with Crippen molar-refractivity contribution in [3.63, 3.8) is 0 Å². The van der Waals surface area contributed by atoms with Crippen molar-refractivity contribution in [1.29, 1.82) is 0 Å². The Hall–Kier alpha value is -2.23. The second kappa shape index (κ2) is 5.44. The molecule has 4 nitrogen and oxygen atoms in total. The van der Waals surface area contributed by atoms with Crippen LogP contribution in [0, 0.1) is 11.8 Å². The number of hydrogen-bond acceptors (Lipinski definition) is 3. The Labute approximate surface area is 135 Å². The molecule has 1 fully saturated rings. The van der Waals surface area contributed by atoms with Crippen molar-refractivity contribution >= 4 is 17.6 Å². The van der Waals surface area contributed by atoms with Crippen molar-refractivity contribution in [3.05, 3.63) is 47.0 Å². The van der Waals surface area contributed by atoms with Crippen LogP contribution < -0.4 is 0 Å². The Morgan fingerprint density at radius 1 is 1.00 bits per heavy atom. The summed E-state index contributed by atoms with van der Waals surface area (Å²) in [4.78, 5) is 38.6. The molecule has 23 heavy (non-hydrogen) atoms. The van der Waals surface area contributed by atoms with Crippen molar-refractivity contribution < 1.29 is 14.4 Å². The van der Waals surface area contributed by atoms with Crippen LogP contribution in [0.1, 0.15) is 40.7 Å². The van der Waals surface area contributed by atoms with Crippen LogP contribution in [0.4, 0.5) is 0 Å². The minimum absolute atomic E-state index is 0.122. The molecule has 0 bridgehead atoms. The number of ketones is 1. The summed E-state index contributed by atoms with van der Waals surface area (Å²) < 4.78 is 0. The van der Waals surface area contributed by atoms with Gasteiger partial charge in [-0.2, -0.15) is 0 Å². The monoisotopic (exact) mass is 309 g/mol. The fourth-order valence-electron chi connectivity index (χ4n) is 4.00. The second-order valence-corrected chi connectivity index (χ2v) is 6.68. The number of nitrogens with zero attached hydrogens (tertiary/aromatic N) is 1. The fraction of sp³-hybridized carbons (Fsp3) is 0.421. The highest BCUT2D eigenvalue weighted by Crippen LogP contribution is 2.35. The average Bonchev–Trinajstić information content (AvgIpc) is 3.13. The zero-order valence-corrected chi connectivity index (χ0v) is 13.0. The second-order valence-electron chi connectivity index (χ2n) is 6.68. The SMILES string of the molecule is O=C(CN1C(=O)[C@H]2CC=CC[C@@H]2C1=O)c1ccc2c(c1)CCC2. The van der Waals surface area contributed by atoms with Gasteiger partial charge in [-0.25, -0.2) is 0 Å². The molecule has 4 heteroatoms. The largest absolute Gasteiger partial charge is 0.292 e. The third kappa shape index (κ3) is 2.33. The van der Waals surface area contributed by atoms with Crippen LogP contribution in [-0.2, 0) is 22.4 Å². The summed E-state index contributed by atoms with van der Waals surface area (Å²) in [5.74, 6) is -1.04. The molecule has 0 N–H and O–H groups in total. The van der Waals surface area contributed by atoms with Gasteiger partial charge in [0.2, 0.25) is 11.8 Å². The summed E-state index contributed by atoms with van der Waals surface area (Å²) in [6.07, 6.45) is 8.34. The molecule has 0 spiro atoms. The first-order chi connectivity index (χ1) is 11.1. The molecule has 3 aliphatic rings. The number of amides is 2. The Morgan fingerprint density at radius 3 is 2.35 bits per heavy atom. The van der Waals surface area contributed by atoms with Gasteiger partial charge in [0.1, 0.15) is 0 Å². The van der Waals surface area contributed by atoms with Gasteiger partial charge in [0.15, 0.2) is 5.78 Å². The summed E-state index contributed by atoms with van der Waals surface area (Å²) in [6.45, 7) is -0.122. The van der Waals surface area contributed by atoms with E-state index in [2.05, 4.69) is 0 Å². The number of allylic oxidation sites excluding steroid dienone is 2. The van der Waals surface area contributed by atoms with Crippen molar-refractivity contribution in [1.82, 2.24) is 4.90 Å². The number of carbonyl (C=O) groups is 3. The van der Waals surface area contributed by atoms with Gasteiger partial charge in [-0.05, 0) is 49.3 Å². The number of Topliss-reactive ketones (excluding diaryl/α,β-unsaturated/α-hetero) is 1. The van der Waals surface area contributed by atoms with Crippen LogP contribution >= 0.6 is 0 Å². The number of likely N-dealkylation sites (tertiary alicyclic amines) is 1. The van der Waals surface area contributed by atoms with E-state index in [0.29, 0.717) is 18.4 Å². The topological polar surface area (TPSA) is 54.5 Å². The van der Waals surface area contributed by atoms with E-state index >= 15 is 0 Å². The summed E-state index contributed by atoms with van der Waals surface area (Å²) in [5, 5.41) is 0. The van der Waals surface area contributed by atoms with Crippen LogP contribution in [0.3, 0.4) is 0 Å². The Morgan fingerprint density at radius 2 is 1.65 bits per heavy atom. The van der Waals surface area contributed by atoms with E-state index < -0.39 is 0 Å². The maximum atomic E-state index is 12.5. The predicted molar refractivity (Wildman–Crippen MR) is 84.9 cm³/mol. The fourth-order valence-corrected chi connectivity index (χ4v) is 4.00. The zero-order chi connectivity index (χ0) is 16.0. The van der Waals surface area contributed by atoms with Gasteiger partial charge in [-0.1, -0.05) is 24.3 Å². The van der Waals surface area contributed by atoms with Crippen LogP contribution in [0.5, 0.6) is 0 Å². The summed E-state index contributed by atoms with van der Waals surface area (Å²) >= 11 is 0. The number of carbonyl (C=O) groups excluding carboxylic acids is 3. The first-order valence-corrected chi connectivity index (χ1v) is 8.30. The van der Waals surface area contributed by atoms with E-state index in [0.717, 1.165) is 19.3 Å². The van der Waals surface area contributed by atoms with E-state index in [1.807, 2.05) is 30.4 Å². The molecule has 4 rings (SSSR count). The molecule has 118 valence electrons. The lowest BCUT2D eigenvalue weighted by molar-refractivity contribution is -0.139. The molecule has 0 aromatic heterocycles. The smallest absolute Gasteiger partial charge is 0.233 e. The number of imide groups is 1. The van der Waals surface area contributed by atoms with Gasteiger partial charge in [-0.15, -0.1) is 0 Å². The molecule has 0 saturated carbocycles. The highest BCUT2D eigenvalue weighted by Gasteiger charge is 2.47. The van der Waals surface area contributed by atoms with E-state index in [1.54, 1.807) is 0 Å². The average molecular weight is 309 g/mol. The Balaban J connectivity index is 1.53. The minimum atomic E-state index is -0.264. The highest BCUT2D eigenvalue weighted by molar-refractivity contribution is 6.10. The summed E-state index contributed by atoms with van der Waals surface area (Å²) in [5.41, 5.74) is 3.15. The zero-order valence-electron chi connectivity index (χ0n) is 13.0. The quantitative estimate of drug-likeness (QED) is 0.489. The molecule has 2 amide bonds. The Bertz CT molecular complexity index is 708. The number of fused-ring (bicyclic) bond motifs is 2. The molecular formula is C19H19NO3. The van der Waals surface area contributed by atoms with Gasteiger partial charge in [0.25, 0.3) is 0 Å². The van der Waals surface area contributed by atoms with E-state index in [9.17, 15) is 14.4 Å². The molecular weight excluding hydrogens is 290 g/mol. The van der Waals surface area contributed by atoms with Gasteiger partial charge in [-0.3, -0.25) is 19.3 Å². The van der Waals surface area contributed by atoms with Crippen molar-refractivity contribution in [2.24, 2.45) is 11.8 Å². The van der Waals surface area contributed by atoms with Gasteiger partial charge < -0.3 is 0 Å². The van der Waals surface area contributed by atoms with E-state index in [-0.39, 0.29) is 36.0 Å². The lowest BCUT2D eigenvalue weighted by atomic mass is 9.85. The molecule has 1 saturated heterocycles. The highest BCUT2D eigenvalue weighted by atomic mass is 16.2. The first kappa shape index (κ1) is 14.4. The first-order valence-electron chi connectivity index (χ1n) is 8.30. The molecule has 2 atom stereocenters. The standard InChI is InChI=1S/C19H19NO3/c21-17(14-9-8-12-4-3-5-13(12)10-14)11-20-18(22)15-6-1-2-7-16(15)19(20)23/h1-2,8-10,15-16H,3-7,11H2/t15-,16-/m0/s1. The molecule has 1 heterocycles. The normalized spacial score (nSPS) is 25.7. The van der Waals surface area contributed by atoms with E-state index in [1.165, 1.54) is 16.0 Å². The number of rotatable bonds is 3. The van der Waals surface area contributed by atoms with E-state index in [4.69, 9.17) is 0 Å². The Kier molecular flexibility index (Phi) is 3.40. The van der Waals surface area contributed by atoms with Crippen molar-refractivity contribution in [2.75, 3.05) is 6.54 Å². The number of benzene rings is 1. The molecule has 1 aromatic carbocycles. The number of hydrogen-bond donors (Lipinski definition) is 0. The van der Waals surface area contributed by atoms with Crippen molar-refractivity contribution in [3.8, 4) is 0 Å². The number of aryl methyl sites for hydroxylation is 2. The van der Waals surface area contributed by atoms with Crippen LogP contribution in [0.2, 0.25) is 0 Å². The minimum Gasteiger partial charge on any atom is -0.292 e. The maximum absolute atomic E-state index is 12.5. The van der Waals surface area contributed by atoms with Crippen LogP contribution in [-0.4, -0.2) is 29.0 Å². The third-order valence-electron chi connectivity index (χ3n) is 5.32.